The third kappa shape index (κ3) is 5.59. The fourth-order valence-electron chi connectivity index (χ4n) is 2.81. The van der Waals surface area contributed by atoms with E-state index < -0.39 is 0 Å². The van der Waals surface area contributed by atoms with E-state index in [9.17, 15) is 4.79 Å². The third-order valence-electron chi connectivity index (χ3n) is 4.23. The van der Waals surface area contributed by atoms with Crippen LogP contribution in [-0.4, -0.2) is 42.8 Å². The molecule has 3 aromatic rings. The Hall–Kier alpha value is -2.98. The molecule has 1 N–H and O–H groups in total. The van der Waals surface area contributed by atoms with Crippen molar-refractivity contribution < 1.29 is 23.7 Å². The number of nitrogens with one attached hydrogen (secondary N) is 1. The summed E-state index contributed by atoms with van der Waals surface area (Å²) >= 11 is 3.20. The zero-order valence-electron chi connectivity index (χ0n) is 17.0. The van der Waals surface area contributed by atoms with Crippen molar-refractivity contribution >= 4 is 34.7 Å². The van der Waals surface area contributed by atoms with E-state index in [0.29, 0.717) is 47.7 Å². The Bertz CT molecular complexity index is 1070. The molecule has 10 heteroatoms. The topological polar surface area (TPSA) is 91.8 Å². The van der Waals surface area contributed by atoms with Crippen molar-refractivity contribution in [1.29, 1.82) is 0 Å². The molecule has 1 amide bonds. The molecule has 0 saturated heterocycles. The predicted molar refractivity (Wildman–Crippen MR) is 119 cm³/mol. The Morgan fingerprint density at radius 2 is 2.06 bits per heavy atom. The highest BCUT2D eigenvalue weighted by atomic mass is 32.2. The first-order chi connectivity index (χ1) is 15.1. The van der Waals surface area contributed by atoms with Crippen LogP contribution in [0.2, 0.25) is 0 Å². The summed E-state index contributed by atoms with van der Waals surface area (Å²) in [5.41, 5.74) is 2.42. The first kappa shape index (κ1) is 21.3. The second kappa shape index (κ2) is 9.88. The molecule has 2 aromatic heterocycles. The van der Waals surface area contributed by atoms with Crippen LogP contribution in [0.4, 0.5) is 5.69 Å². The Balaban J connectivity index is 1.35. The number of fused-ring (bicyclic) bond motifs is 1. The van der Waals surface area contributed by atoms with E-state index in [1.165, 1.54) is 7.11 Å². The van der Waals surface area contributed by atoms with Gasteiger partial charge in [0.25, 0.3) is 5.91 Å². The van der Waals surface area contributed by atoms with E-state index in [0.717, 1.165) is 15.7 Å². The summed E-state index contributed by atoms with van der Waals surface area (Å²) in [7, 11) is 1.53. The summed E-state index contributed by atoms with van der Waals surface area (Å²) in [6.07, 6.45) is 1.59. The van der Waals surface area contributed by atoms with Crippen molar-refractivity contribution in [1.82, 2.24) is 9.97 Å². The standard InChI is InChI=1S/C21H21N3O5S2/c1-13-11-30-21(23-13)31-12-15-8-18(19(26-2)9-22-15)29-10-20(25)24-14-3-4-16-17(7-14)28-6-5-27-16/h3-4,7-9,11H,5-6,10,12H2,1-2H3,(H,24,25). The third-order valence-corrected chi connectivity index (χ3v) is 6.41. The quantitative estimate of drug-likeness (QED) is 0.507. The molecule has 0 atom stereocenters. The molecular formula is C21H21N3O5S2. The summed E-state index contributed by atoms with van der Waals surface area (Å²) in [5, 5.41) is 4.81. The summed E-state index contributed by atoms with van der Waals surface area (Å²) in [5.74, 6) is 2.53. The number of hydrogen-bond acceptors (Lipinski definition) is 9. The van der Waals surface area contributed by atoms with Crippen LogP contribution in [0.25, 0.3) is 0 Å². The normalized spacial score (nSPS) is 12.3. The zero-order chi connectivity index (χ0) is 21.6. The lowest BCUT2D eigenvalue weighted by molar-refractivity contribution is -0.118. The van der Waals surface area contributed by atoms with E-state index in [2.05, 4.69) is 15.3 Å². The number of carbonyl (C=O) groups is 1. The lowest BCUT2D eigenvalue weighted by Gasteiger charge is -2.19. The Labute approximate surface area is 187 Å². The van der Waals surface area contributed by atoms with E-state index >= 15 is 0 Å². The number of anilines is 1. The van der Waals surface area contributed by atoms with Crippen LogP contribution in [0.15, 0.2) is 40.2 Å². The number of ether oxygens (including phenoxy) is 4. The molecule has 0 unspecified atom stereocenters. The van der Waals surface area contributed by atoms with E-state index in [-0.39, 0.29) is 12.5 Å². The van der Waals surface area contributed by atoms with Crippen molar-refractivity contribution in [2.24, 2.45) is 0 Å². The van der Waals surface area contributed by atoms with Crippen molar-refractivity contribution in [2.45, 2.75) is 17.0 Å². The lowest BCUT2D eigenvalue weighted by atomic mass is 10.2. The van der Waals surface area contributed by atoms with Gasteiger partial charge in [-0.05, 0) is 19.1 Å². The second-order valence-electron chi connectivity index (χ2n) is 6.57. The number of thioether (sulfide) groups is 1. The van der Waals surface area contributed by atoms with Gasteiger partial charge in [0, 0.05) is 34.6 Å². The van der Waals surface area contributed by atoms with E-state index in [1.807, 2.05) is 12.3 Å². The van der Waals surface area contributed by atoms with Crippen LogP contribution < -0.4 is 24.3 Å². The number of hydrogen-bond donors (Lipinski definition) is 1. The minimum atomic E-state index is -0.301. The van der Waals surface area contributed by atoms with E-state index in [4.69, 9.17) is 18.9 Å². The highest BCUT2D eigenvalue weighted by Gasteiger charge is 2.14. The van der Waals surface area contributed by atoms with Crippen molar-refractivity contribution in [3.8, 4) is 23.0 Å². The fraction of sp³-hybridized carbons (Fsp3) is 0.286. The van der Waals surface area contributed by atoms with Crippen molar-refractivity contribution in [3.63, 3.8) is 0 Å². The molecule has 0 saturated carbocycles. The number of aryl methyl sites for hydroxylation is 1. The first-order valence-electron chi connectivity index (χ1n) is 9.51. The first-order valence-corrected chi connectivity index (χ1v) is 11.4. The van der Waals surface area contributed by atoms with Gasteiger partial charge >= 0.3 is 0 Å². The number of methoxy groups -OCH3 is 1. The maximum Gasteiger partial charge on any atom is 0.262 e. The van der Waals surface area contributed by atoms with Gasteiger partial charge in [0.1, 0.15) is 17.6 Å². The highest BCUT2D eigenvalue weighted by molar-refractivity contribution is 8.00. The largest absolute Gasteiger partial charge is 0.491 e. The number of thiazole rings is 1. The van der Waals surface area contributed by atoms with Crippen molar-refractivity contribution in [2.75, 3.05) is 32.2 Å². The molecule has 162 valence electrons. The zero-order valence-corrected chi connectivity index (χ0v) is 18.7. The number of aromatic nitrogens is 2. The number of amides is 1. The maximum absolute atomic E-state index is 12.4. The number of carbonyl (C=O) groups excluding carboxylic acids is 1. The van der Waals surface area contributed by atoms with Gasteiger partial charge in [-0.15, -0.1) is 11.3 Å². The van der Waals surface area contributed by atoms with Gasteiger partial charge in [-0.2, -0.15) is 0 Å². The molecule has 31 heavy (non-hydrogen) atoms. The molecule has 0 spiro atoms. The predicted octanol–water partition coefficient (Wildman–Crippen LogP) is 3.94. The molecule has 1 aromatic carbocycles. The molecule has 1 aliphatic rings. The summed E-state index contributed by atoms with van der Waals surface area (Å²) < 4.78 is 23.0. The Morgan fingerprint density at radius 1 is 1.23 bits per heavy atom. The Morgan fingerprint density at radius 3 is 2.84 bits per heavy atom. The lowest BCUT2D eigenvalue weighted by Crippen LogP contribution is -2.21. The number of pyridine rings is 1. The molecule has 0 radical (unpaired) electrons. The molecule has 4 rings (SSSR count). The van der Waals surface area contributed by atoms with Crippen LogP contribution in [0.5, 0.6) is 23.0 Å². The average Bonchev–Trinajstić information content (AvgIpc) is 3.21. The van der Waals surface area contributed by atoms with Gasteiger partial charge in [-0.1, -0.05) is 11.8 Å². The SMILES string of the molecule is COc1cnc(CSc2nc(C)cs2)cc1OCC(=O)Nc1ccc2c(c1)OCCO2. The minimum absolute atomic E-state index is 0.174. The summed E-state index contributed by atoms with van der Waals surface area (Å²) in [6, 6.07) is 7.04. The van der Waals surface area contributed by atoms with Gasteiger partial charge in [0.15, 0.2) is 29.6 Å². The van der Waals surface area contributed by atoms with Gasteiger partial charge in [-0.3, -0.25) is 9.78 Å². The molecule has 0 bridgehead atoms. The molecular weight excluding hydrogens is 438 g/mol. The monoisotopic (exact) mass is 459 g/mol. The van der Waals surface area contributed by atoms with Gasteiger partial charge in [0.2, 0.25) is 0 Å². The highest BCUT2D eigenvalue weighted by Crippen LogP contribution is 2.33. The molecule has 3 heterocycles. The summed E-state index contributed by atoms with van der Waals surface area (Å²) in [6.45, 7) is 2.80. The van der Waals surface area contributed by atoms with Crippen molar-refractivity contribution in [3.05, 3.63) is 47.2 Å². The van der Waals surface area contributed by atoms with E-state index in [1.54, 1.807) is 53.6 Å². The second-order valence-corrected chi connectivity index (χ2v) is 8.65. The number of nitrogens with zero attached hydrogens (tertiary/aromatic N) is 2. The smallest absolute Gasteiger partial charge is 0.262 e. The van der Waals surface area contributed by atoms with Gasteiger partial charge in [-0.25, -0.2) is 4.98 Å². The molecule has 0 fully saturated rings. The van der Waals surface area contributed by atoms with Crippen LogP contribution in [-0.2, 0) is 10.5 Å². The fourth-order valence-corrected chi connectivity index (χ4v) is 4.56. The number of rotatable bonds is 8. The minimum Gasteiger partial charge on any atom is -0.491 e. The average molecular weight is 460 g/mol. The maximum atomic E-state index is 12.4. The van der Waals surface area contributed by atoms with Gasteiger partial charge in [0.05, 0.1) is 19.0 Å². The van der Waals surface area contributed by atoms with Crippen LogP contribution >= 0.6 is 23.1 Å². The number of benzene rings is 1. The molecule has 0 aliphatic carbocycles. The van der Waals surface area contributed by atoms with Crippen LogP contribution in [0.1, 0.15) is 11.4 Å². The molecule has 1 aliphatic heterocycles. The van der Waals surface area contributed by atoms with Crippen LogP contribution in [0.3, 0.4) is 0 Å². The van der Waals surface area contributed by atoms with Crippen LogP contribution in [0, 0.1) is 6.92 Å². The Kier molecular flexibility index (Phi) is 6.78. The van der Waals surface area contributed by atoms with Gasteiger partial charge < -0.3 is 24.3 Å². The molecule has 8 nitrogen and oxygen atoms in total. The summed E-state index contributed by atoms with van der Waals surface area (Å²) in [4.78, 5) is 21.2.